The van der Waals surface area contributed by atoms with Crippen LogP contribution in [0.25, 0.3) is 0 Å². The van der Waals surface area contributed by atoms with Gasteiger partial charge in [0.2, 0.25) is 5.91 Å². The van der Waals surface area contributed by atoms with Gasteiger partial charge in [-0.2, -0.15) is 0 Å². The standard InChI is InChI=1S/C21H25NO3/c23-18-8-5-7-17(15-18)21(24)22-13-12-16-6-4-11-20(14-16)25-19-9-2-1-3-10-19/h1-4,6,9-11,14,17-18,23H,5,7-8,12-13,15H2,(H,22,24)/t17-,18-/m0/s1. The molecule has 4 nitrogen and oxygen atoms in total. The van der Waals surface area contributed by atoms with Crippen LogP contribution in [-0.4, -0.2) is 23.7 Å². The summed E-state index contributed by atoms with van der Waals surface area (Å²) in [5.74, 6) is 1.63. The summed E-state index contributed by atoms with van der Waals surface area (Å²) in [5.41, 5.74) is 1.12. The number of benzene rings is 2. The van der Waals surface area contributed by atoms with Crippen LogP contribution >= 0.6 is 0 Å². The van der Waals surface area contributed by atoms with Crippen LogP contribution in [0.1, 0.15) is 31.2 Å². The molecule has 0 radical (unpaired) electrons. The third-order valence-corrected chi connectivity index (χ3v) is 4.61. The second-order valence-electron chi connectivity index (χ2n) is 6.62. The van der Waals surface area contributed by atoms with Crippen molar-refractivity contribution in [3.8, 4) is 11.5 Å². The molecule has 0 unspecified atom stereocenters. The van der Waals surface area contributed by atoms with Gasteiger partial charge in [0.05, 0.1) is 6.10 Å². The van der Waals surface area contributed by atoms with Crippen LogP contribution in [0.5, 0.6) is 11.5 Å². The van der Waals surface area contributed by atoms with Gasteiger partial charge in [0.25, 0.3) is 0 Å². The Morgan fingerprint density at radius 1 is 1.08 bits per heavy atom. The van der Waals surface area contributed by atoms with Crippen LogP contribution in [0.15, 0.2) is 54.6 Å². The maximum Gasteiger partial charge on any atom is 0.223 e. The molecular weight excluding hydrogens is 314 g/mol. The number of rotatable bonds is 6. The van der Waals surface area contributed by atoms with Crippen molar-refractivity contribution in [3.63, 3.8) is 0 Å². The zero-order chi connectivity index (χ0) is 17.5. The van der Waals surface area contributed by atoms with Gasteiger partial charge in [-0.05, 0) is 55.5 Å². The summed E-state index contributed by atoms with van der Waals surface area (Å²) in [5, 5.41) is 12.7. The highest BCUT2D eigenvalue weighted by molar-refractivity contribution is 5.78. The van der Waals surface area contributed by atoms with Crippen LogP contribution in [0.3, 0.4) is 0 Å². The average Bonchev–Trinajstić information content (AvgIpc) is 2.63. The first kappa shape index (κ1) is 17.5. The summed E-state index contributed by atoms with van der Waals surface area (Å²) < 4.78 is 5.84. The molecule has 3 rings (SSSR count). The number of ether oxygens (including phenoxy) is 1. The van der Waals surface area contributed by atoms with E-state index < -0.39 is 0 Å². The lowest BCUT2D eigenvalue weighted by Gasteiger charge is -2.24. The monoisotopic (exact) mass is 339 g/mol. The van der Waals surface area contributed by atoms with Crippen molar-refractivity contribution in [2.45, 2.75) is 38.2 Å². The molecule has 1 aliphatic carbocycles. The van der Waals surface area contributed by atoms with Crippen molar-refractivity contribution in [2.75, 3.05) is 6.54 Å². The predicted octanol–water partition coefficient (Wildman–Crippen LogP) is 3.69. The topological polar surface area (TPSA) is 58.6 Å². The highest BCUT2D eigenvalue weighted by Gasteiger charge is 2.25. The molecule has 0 saturated heterocycles. The fraction of sp³-hybridized carbons (Fsp3) is 0.381. The molecule has 2 atom stereocenters. The minimum absolute atomic E-state index is 0.0449. The predicted molar refractivity (Wildman–Crippen MR) is 97.6 cm³/mol. The minimum atomic E-state index is -0.323. The molecule has 1 saturated carbocycles. The lowest BCUT2D eigenvalue weighted by molar-refractivity contribution is -0.127. The van der Waals surface area contributed by atoms with Crippen molar-refractivity contribution in [1.29, 1.82) is 0 Å². The smallest absolute Gasteiger partial charge is 0.223 e. The van der Waals surface area contributed by atoms with Crippen LogP contribution in [0, 0.1) is 5.92 Å². The van der Waals surface area contributed by atoms with Gasteiger partial charge in [-0.15, -0.1) is 0 Å². The molecule has 0 aromatic heterocycles. The quantitative estimate of drug-likeness (QED) is 0.844. The summed E-state index contributed by atoms with van der Waals surface area (Å²) >= 11 is 0. The number of nitrogens with one attached hydrogen (secondary N) is 1. The van der Waals surface area contributed by atoms with Gasteiger partial charge in [0.1, 0.15) is 11.5 Å². The second-order valence-corrected chi connectivity index (χ2v) is 6.62. The fourth-order valence-corrected chi connectivity index (χ4v) is 3.27. The minimum Gasteiger partial charge on any atom is -0.457 e. The molecule has 2 aromatic carbocycles. The van der Waals surface area contributed by atoms with E-state index in [4.69, 9.17) is 4.74 Å². The third-order valence-electron chi connectivity index (χ3n) is 4.61. The largest absolute Gasteiger partial charge is 0.457 e. The maximum absolute atomic E-state index is 12.2. The van der Waals surface area contributed by atoms with E-state index in [1.54, 1.807) is 0 Å². The first-order valence-electron chi connectivity index (χ1n) is 8.98. The van der Waals surface area contributed by atoms with Crippen LogP contribution in [0.2, 0.25) is 0 Å². The number of aliphatic hydroxyl groups excluding tert-OH is 1. The van der Waals surface area contributed by atoms with Gasteiger partial charge in [0, 0.05) is 12.5 Å². The zero-order valence-electron chi connectivity index (χ0n) is 14.4. The fourth-order valence-electron chi connectivity index (χ4n) is 3.27. The number of amides is 1. The Bertz CT molecular complexity index is 687. The number of hydrogen-bond acceptors (Lipinski definition) is 3. The number of aliphatic hydroxyl groups is 1. The molecule has 0 bridgehead atoms. The molecule has 1 fully saturated rings. The van der Waals surface area contributed by atoms with Crippen molar-refractivity contribution in [3.05, 3.63) is 60.2 Å². The normalized spacial score (nSPS) is 20.0. The molecule has 0 spiro atoms. The van der Waals surface area contributed by atoms with Gasteiger partial charge in [-0.1, -0.05) is 36.8 Å². The third kappa shape index (κ3) is 5.33. The van der Waals surface area contributed by atoms with Gasteiger partial charge in [0.15, 0.2) is 0 Å². The van der Waals surface area contributed by atoms with E-state index in [2.05, 4.69) is 5.32 Å². The highest BCUT2D eigenvalue weighted by atomic mass is 16.5. The number of hydrogen-bond donors (Lipinski definition) is 2. The molecule has 1 aliphatic rings. The summed E-state index contributed by atoms with van der Waals surface area (Å²) in [6.45, 7) is 0.597. The lowest BCUT2D eigenvalue weighted by atomic mass is 9.86. The van der Waals surface area contributed by atoms with E-state index in [-0.39, 0.29) is 17.9 Å². The zero-order valence-corrected chi connectivity index (χ0v) is 14.4. The Kier molecular flexibility index (Phi) is 6.07. The van der Waals surface area contributed by atoms with Crippen molar-refractivity contribution in [2.24, 2.45) is 5.92 Å². The van der Waals surface area contributed by atoms with Crippen LogP contribution < -0.4 is 10.1 Å². The van der Waals surface area contributed by atoms with Crippen molar-refractivity contribution >= 4 is 5.91 Å². The molecule has 0 heterocycles. The number of carbonyl (C=O) groups excluding carboxylic acids is 1. The maximum atomic E-state index is 12.2. The SMILES string of the molecule is O=C(NCCc1cccc(Oc2ccccc2)c1)[C@H]1CCC[C@H](O)C1. The molecule has 2 N–H and O–H groups in total. The summed E-state index contributed by atoms with van der Waals surface area (Å²) in [7, 11) is 0. The first-order valence-corrected chi connectivity index (χ1v) is 8.98. The number of carbonyl (C=O) groups is 1. The Hall–Kier alpha value is -2.33. The van der Waals surface area contributed by atoms with Gasteiger partial charge in [-0.3, -0.25) is 4.79 Å². The second kappa shape index (κ2) is 8.67. The molecule has 25 heavy (non-hydrogen) atoms. The molecule has 2 aromatic rings. The summed E-state index contributed by atoms with van der Waals surface area (Å²) in [4.78, 5) is 12.2. The molecule has 0 aliphatic heterocycles. The lowest BCUT2D eigenvalue weighted by Crippen LogP contribution is -2.36. The Morgan fingerprint density at radius 2 is 1.88 bits per heavy atom. The first-order chi connectivity index (χ1) is 12.2. The summed E-state index contributed by atoms with van der Waals surface area (Å²) in [6, 6.07) is 17.6. The number of para-hydroxylation sites is 1. The Balaban J connectivity index is 1.48. The Labute approximate surface area is 148 Å². The van der Waals surface area contributed by atoms with Gasteiger partial charge < -0.3 is 15.2 Å². The van der Waals surface area contributed by atoms with Crippen molar-refractivity contribution < 1.29 is 14.6 Å². The molecule has 4 heteroatoms. The highest BCUT2D eigenvalue weighted by Crippen LogP contribution is 2.24. The van der Waals surface area contributed by atoms with E-state index in [0.717, 1.165) is 42.7 Å². The Morgan fingerprint density at radius 3 is 2.68 bits per heavy atom. The summed E-state index contributed by atoms with van der Waals surface area (Å²) in [6.07, 6.45) is 3.65. The van der Waals surface area contributed by atoms with Crippen molar-refractivity contribution in [1.82, 2.24) is 5.32 Å². The molecular formula is C21H25NO3. The van der Waals surface area contributed by atoms with E-state index in [9.17, 15) is 9.90 Å². The van der Waals surface area contributed by atoms with E-state index in [0.29, 0.717) is 13.0 Å². The van der Waals surface area contributed by atoms with Gasteiger partial charge in [-0.25, -0.2) is 0 Å². The molecule has 1 amide bonds. The average molecular weight is 339 g/mol. The van der Waals surface area contributed by atoms with E-state index in [1.165, 1.54) is 0 Å². The van der Waals surface area contributed by atoms with E-state index >= 15 is 0 Å². The van der Waals surface area contributed by atoms with E-state index in [1.807, 2.05) is 54.6 Å². The van der Waals surface area contributed by atoms with Crippen LogP contribution in [-0.2, 0) is 11.2 Å². The van der Waals surface area contributed by atoms with Crippen LogP contribution in [0.4, 0.5) is 0 Å². The van der Waals surface area contributed by atoms with Gasteiger partial charge >= 0.3 is 0 Å². The molecule has 132 valence electrons.